The predicted octanol–water partition coefficient (Wildman–Crippen LogP) is 2.60. The Morgan fingerprint density at radius 2 is 2.04 bits per heavy atom. The summed E-state index contributed by atoms with van der Waals surface area (Å²) in [6, 6.07) is 9.71. The van der Waals surface area contributed by atoms with Crippen molar-refractivity contribution in [3.8, 4) is 0 Å². The molecule has 23 heavy (non-hydrogen) atoms. The molecule has 0 heterocycles. The number of guanidine groups is 1. The van der Waals surface area contributed by atoms with Crippen molar-refractivity contribution in [2.75, 3.05) is 13.1 Å². The van der Waals surface area contributed by atoms with Crippen molar-refractivity contribution in [1.82, 2.24) is 5.32 Å². The smallest absolute Gasteiger partial charge is 0.306 e. The first-order chi connectivity index (χ1) is 11.2. The van der Waals surface area contributed by atoms with Gasteiger partial charge >= 0.3 is 5.97 Å². The van der Waals surface area contributed by atoms with Gasteiger partial charge in [0.25, 0.3) is 0 Å². The summed E-state index contributed by atoms with van der Waals surface area (Å²) in [5, 5.41) is 3.09. The first-order valence-electron chi connectivity index (χ1n) is 8.47. The third kappa shape index (κ3) is 7.17. The van der Waals surface area contributed by atoms with Crippen LogP contribution in [0.1, 0.15) is 44.1 Å². The minimum absolute atomic E-state index is 0.152. The Balaban J connectivity index is 1.47. The van der Waals surface area contributed by atoms with Crippen molar-refractivity contribution < 1.29 is 9.53 Å². The molecule has 0 amide bonds. The number of unbranched alkanes of at least 4 members (excludes halogenated alkanes) is 1. The summed E-state index contributed by atoms with van der Waals surface area (Å²) < 4.78 is 5.23. The van der Waals surface area contributed by atoms with Gasteiger partial charge in [0.2, 0.25) is 0 Å². The third-order valence-electron chi connectivity index (χ3n) is 4.10. The van der Waals surface area contributed by atoms with Crippen LogP contribution in [-0.4, -0.2) is 25.0 Å². The largest absolute Gasteiger partial charge is 0.461 e. The molecule has 5 heteroatoms. The summed E-state index contributed by atoms with van der Waals surface area (Å²) in [5.41, 5.74) is 6.81. The van der Waals surface area contributed by atoms with Gasteiger partial charge in [0, 0.05) is 19.5 Å². The zero-order chi connectivity index (χ0) is 16.3. The Bertz CT molecular complexity index is 498. The van der Waals surface area contributed by atoms with Crippen LogP contribution < -0.4 is 11.1 Å². The number of carbonyl (C=O) groups is 1. The number of nitrogens with two attached hydrogens (primary N) is 1. The highest BCUT2D eigenvalue weighted by molar-refractivity contribution is 5.77. The van der Waals surface area contributed by atoms with Crippen LogP contribution in [0.2, 0.25) is 0 Å². The van der Waals surface area contributed by atoms with Crippen LogP contribution in [0.25, 0.3) is 0 Å². The number of nitrogens with one attached hydrogen (secondary N) is 1. The highest BCUT2D eigenvalue weighted by Crippen LogP contribution is 2.26. The highest BCUT2D eigenvalue weighted by atomic mass is 16.5. The van der Waals surface area contributed by atoms with Crippen molar-refractivity contribution in [2.45, 2.75) is 45.1 Å². The van der Waals surface area contributed by atoms with E-state index in [-0.39, 0.29) is 5.97 Å². The van der Waals surface area contributed by atoms with Gasteiger partial charge in [-0.3, -0.25) is 9.79 Å². The summed E-state index contributed by atoms with van der Waals surface area (Å²) in [4.78, 5) is 16.0. The number of carbonyl (C=O) groups excluding carboxylic acids is 1. The van der Waals surface area contributed by atoms with Gasteiger partial charge in [0.05, 0.1) is 0 Å². The lowest BCUT2D eigenvalue weighted by Crippen LogP contribution is -2.33. The molecule has 1 aliphatic rings. The van der Waals surface area contributed by atoms with Crippen LogP contribution in [0.4, 0.5) is 0 Å². The first kappa shape index (κ1) is 17.3. The van der Waals surface area contributed by atoms with E-state index >= 15 is 0 Å². The molecule has 2 rings (SSSR count). The molecule has 1 aliphatic carbocycles. The number of aliphatic imine (C=N–C) groups is 1. The van der Waals surface area contributed by atoms with Gasteiger partial charge in [-0.1, -0.05) is 36.8 Å². The number of hydrogen-bond acceptors (Lipinski definition) is 3. The Kier molecular flexibility index (Phi) is 7.43. The predicted molar refractivity (Wildman–Crippen MR) is 91.9 cm³/mol. The summed E-state index contributed by atoms with van der Waals surface area (Å²) in [6.07, 6.45) is 5.99. The van der Waals surface area contributed by atoms with Gasteiger partial charge < -0.3 is 15.8 Å². The van der Waals surface area contributed by atoms with Crippen LogP contribution in [0.15, 0.2) is 35.3 Å². The van der Waals surface area contributed by atoms with E-state index < -0.39 is 0 Å². The van der Waals surface area contributed by atoms with Crippen molar-refractivity contribution in [2.24, 2.45) is 16.6 Å². The summed E-state index contributed by atoms with van der Waals surface area (Å²) in [5.74, 6) is 1.10. The van der Waals surface area contributed by atoms with Crippen LogP contribution in [-0.2, 0) is 16.1 Å². The first-order valence-corrected chi connectivity index (χ1v) is 8.47. The molecule has 0 radical (unpaired) electrons. The molecule has 1 fully saturated rings. The summed E-state index contributed by atoms with van der Waals surface area (Å²) in [6.45, 7) is 1.93. The number of ether oxygens (including phenoxy) is 1. The topological polar surface area (TPSA) is 76.7 Å². The second-order valence-electron chi connectivity index (χ2n) is 6.05. The number of esters is 1. The van der Waals surface area contributed by atoms with Gasteiger partial charge in [-0.05, 0) is 37.2 Å². The monoisotopic (exact) mass is 317 g/mol. The SMILES string of the molecule is NC(=NCC1CCC1)NCCCCC(=O)OCc1ccccc1. The van der Waals surface area contributed by atoms with Gasteiger partial charge in [-0.2, -0.15) is 0 Å². The maximum atomic E-state index is 11.6. The minimum atomic E-state index is -0.152. The molecule has 0 atom stereocenters. The average molecular weight is 317 g/mol. The number of hydrogen-bond donors (Lipinski definition) is 2. The molecule has 1 aromatic carbocycles. The standard InChI is InChI=1S/C18H27N3O2/c19-18(21-13-15-9-6-10-15)20-12-5-4-11-17(22)23-14-16-7-2-1-3-8-16/h1-3,7-8,15H,4-6,9-14H2,(H3,19,20,21). The maximum Gasteiger partial charge on any atom is 0.306 e. The van der Waals surface area contributed by atoms with E-state index in [4.69, 9.17) is 10.5 Å². The molecule has 3 N–H and O–H groups in total. The Hall–Kier alpha value is -2.04. The van der Waals surface area contributed by atoms with Gasteiger partial charge in [-0.15, -0.1) is 0 Å². The van der Waals surface area contributed by atoms with Crippen LogP contribution in [0.3, 0.4) is 0 Å². The fourth-order valence-electron chi connectivity index (χ4n) is 2.38. The van der Waals surface area contributed by atoms with E-state index in [2.05, 4.69) is 10.3 Å². The molecule has 0 bridgehead atoms. The summed E-state index contributed by atoms with van der Waals surface area (Å²) >= 11 is 0. The molecule has 1 saturated carbocycles. The number of rotatable bonds is 9. The molecular formula is C18H27N3O2. The number of nitrogens with zero attached hydrogens (tertiary/aromatic N) is 1. The molecule has 0 aromatic heterocycles. The molecule has 126 valence electrons. The van der Waals surface area contributed by atoms with Gasteiger partial charge in [-0.25, -0.2) is 0 Å². The molecule has 0 aliphatic heterocycles. The van der Waals surface area contributed by atoms with Gasteiger partial charge in [0.15, 0.2) is 5.96 Å². The van der Waals surface area contributed by atoms with Crippen molar-refractivity contribution >= 4 is 11.9 Å². The van der Waals surface area contributed by atoms with Crippen LogP contribution in [0, 0.1) is 5.92 Å². The van der Waals surface area contributed by atoms with Crippen molar-refractivity contribution in [3.63, 3.8) is 0 Å². The summed E-state index contributed by atoms with van der Waals surface area (Å²) in [7, 11) is 0. The minimum Gasteiger partial charge on any atom is -0.461 e. The average Bonchev–Trinajstić information content (AvgIpc) is 2.52. The van der Waals surface area contributed by atoms with Crippen LogP contribution >= 0.6 is 0 Å². The lowest BCUT2D eigenvalue weighted by molar-refractivity contribution is -0.145. The Morgan fingerprint density at radius 3 is 2.74 bits per heavy atom. The van der Waals surface area contributed by atoms with Crippen LogP contribution in [0.5, 0.6) is 0 Å². The van der Waals surface area contributed by atoms with E-state index in [9.17, 15) is 4.79 Å². The van der Waals surface area contributed by atoms with E-state index in [1.54, 1.807) is 0 Å². The zero-order valence-electron chi connectivity index (χ0n) is 13.7. The molecular weight excluding hydrogens is 290 g/mol. The molecule has 1 aromatic rings. The van der Waals surface area contributed by atoms with E-state index in [0.717, 1.165) is 37.4 Å². The normalized spacial score (nSPS) is 15.0. The third-order valence-corrected chi connectivity index (χ3v) is 4.10. The number of benzene rings is 1. The molecule has 0 unspecified atom stereocenters. The van der Waals surface area contributed by atoms with Crippen molar-refractivity contribution in [3.05, 3.63) is 35.9 Å². The molecule has 0 spiro atoms. The van der Waals surface area contributed by atoms with E-state index in [1.807, 2.05) is 30.3 Å². The lowest BCUT2D eigenvalue weighted by Gasteiger charge is -2.23. The van der Waals surface area contributed by atoms with Gasteiger partial charge in [0.1, 0.15) is 6.61 Å². The maximum absolute atomic E-state index is 11.6. The molecule has 5 nitrogen and oxygen atoms in total. The lowest BCUT2D eigenvalue weighted by atomic mass is 9.86. The quantitative estimate of drug-likeness (QED) is 0.318. The zero-order valence-corrected chi connectivity index (χ0v) is 13.7. The van der Waals surface area contributed by atoms with E-state index in [1.165, 1.54) is 19.3 Å². The fraction of sp³-hybridized carbons (Fsp3) is 0.556. The second-order valence-corrected chi connectivity index (χ2v) is 6.05. The van der Waals surface area contributed by atoms with E-state index in [0.29, 0.717) is 19.0 Å². The van der Waals surface area contributed by atoms with Crippen molar-refractivity contribution in [1.29, 1.82) is 0 Å². The highest BCUT2D eigenvalue weighted by Gasteiger charge is 2.16. The molecule has 0 saturated heterocycles. The fourth-order valence-corrected chi connectivity index (χ4v) is 2.38. The Labute approximate surface area is 138 Å². The second kappa shape index (κ2) is 9.87. The Morgan fingerprint density at radius 1 is 1.26 bits per heavy atom.